The Morgan fingerprint density at radius 3 is 2.47 bits per heavy atom. The van der Waals surface area contributed by atoms with E-state index in [1.165, 1.54) is 0 Å². The third-order valence-corrected chi connectivity index (χ3v) is 3.45. The van der Waals surface area contributed by atoms with Crippen LogP contribution in [0, 0.1) is 5.41 Å². The van der Waals surface area contributed by atoms with Gasteiger partial charge in [-0.1, -0.05) is 31.5 Å². The van der Waals surface area contributed by atoms with Crippen LogP contribution in [-0.2, 0) is 0 Å². The van der Waals surface area contributed by atoms with Gasteiger partial charge in [0.1, 0.15) is 5.84 Å². The molecule has 0 spiro atoms. The highest BCUT2D eigenvalue weighted by Gasteiger charge is 2.17. The number of nitrogens with zero attached hydrogens (tertiary/aromatic N) is 1. The van der Waals surface area contributed by atoms with Gasteiger partial charge < -0.3 is 10.6 Å². The van der Waals surface area contributed by atoms with E-state index in [-0.39, 0.29) is 5.84 Å². The minimum atomic E-state index is 0.0170. The number of anilines is 1. The molecule has 1 aromatic carbocycles. The summed E-state index contributed by atoms with van der Waals surface area (Å²) in [5, 5.41) is 8.17. The Morgan fingerprint density at radius 2 is 2.00 bits per heavy atom. The molecule has 0 fully saturated rings. The third kappa shape index (κ3) is 2.91. The second kappa shape index (κ2) is 5.92. The van der Waals surface area contributed by atoms with Crippen LogP contribution in [0.1, 0.15) is 32.3 Å². The lowest BCUT2D eigenvalue weighted by Crippen LogP contribution is -2.32. The first-order chi connectivity index (χ1) is 8.02. The van der Waals surface area contributed by atoms with Crippen LogP contribution in [0.2, 0.25) is 5.02 Å². The number of nitrogens with two attached hydrogens (primary N) is 1. The van der Waals surface area contributed by atoms with Gasteiger partial charge >= 0.3 is 0 Å². The molecule has 4 heteroatoms. The number of nitrogen functional groups attached to an aromatic ring is 1. The van der Waals surface area contributed by atoms with Gasteiger partial charge in [-0.2, -0.15) is 0 Å². The van der Waals surface area contributed by atoms with Gasteiger partial charge in [0.25, 0.3) is 0 Å². The predicted molar refractivity (Wildman–Crippen MR) is 75.2 cm³/mol. The predicted octanol–water partition coefficient (Wildman–Crippen LogP) is 3.25. The Bertz CT molecular complexity index is 400. The van der Waals surface area contributed by atoms with Crippen LogP contribution in [-0.4, -0.2) is 18.9 Å². The molecule has 0 aliphatic rings. The number of rotatable bonds is 5. The van der Waals surface area contributed by atoms with Gasteiger partial charge in [0.2, 0.25) is 0 Å². The number of nitrogens with one attached hydrogen (secondary N) is 1. The Kier molecular flexibility index (Phi) is 4.82. The minimum absolute atomic E-state index is 0.0170. The molecule has 0 saturated heterocycles. The molecule has 0 unspecified atom stereocenters. The molecule has 0 amide bonds. The molecule has 0 saturated carbocycles. The van der Waals surface area contributed by atoms with E-state index in [2.05, 4.69) is 18.7 Å². The topological polar surface area (TPSA) is 53.1 Å². The Morgan fingerprint density at radius 1 is 1.41 bits per heavy atom. The fourth-order valence-corrected chi connectivity index (χ4v) is 2.38. The SMILES string of the molecule is CCC(CC)N(C)c1cccc(Cl)c1C(=N)N. The molecule has 0 aliphatic heterocycles. The van der Waals surface area contributed by atoms with Crippen LogP contribution in [0.3, 0.4) is 0 Å². The molecule has 3 N–H and O–H groups in total. The largest absolute Gasteiger partial charge is 0.384 e. The van der Waals surface area contributed by atoms with Gasteiger partial charge in [-0.25, -0.2) is 0 Å². The van der Waals surface area contributed by atoms with Gasteiger partial charge in [0.05, 0.1) is 10.6 Å². The molecule has 0 radical (unpaired) electrons. The molecular weight excluding hydrogens is 234 g/mol. The molecule has 94 valence electrons. The lowest BCUT2D eigenvalue weighted by Gasteiger charge is -2.30. The van der Waals surface area contributed by atoms with Crippen molar-refractivity contribution in [2.75, 3.05) is 11.9 Å². The van der Waals surface area contributed by atoms with E-state index >= 15 is 0 Å². The van der Waals surface area contributed by atoms with Gasteiger partial charge in [-0.15, -0.1) is 0 Å². The zero-order valence-corrected chi connectivity index (χ0v) is 11.4. The molecule has 0 aliphatic carbocycles. The average molecular weight is 254 g/mol. The van der Waals surface area contributed by atoms with Crippen molar-refractivity contribution >= 4 is 23.1 Å². The second-order valence-electron chi connectivity index (χ2n) is 4.13. The number of halogens is 1. The van der Waals surface area contributed by atoms with E-state index in [0.29, 0.717) is 16.6 Å². The maximum absolute atomic E-state index is 7.63. The van der Waals surface area contributed by atoms with Crippen LogP contribution in [0.4, 0.5) is 5.69 Å². The van der Waals surface area contributed by atoms with Gasteiger partial charge in [0.15, 0.2) is 0 Å². The van der Waals surface area contributed by atoms with Crippen molar-refractivity contribution in [1.82, 2.24) is 0 Å². The first-order valence-electron chi connectivity index (χ1n) is 5.88. The first-order valence-corrected chi connectivity index (χ1v) is 6.26. The van der Waals surface area contributed by atoms with Crippen LogP contribution < -0.4 is 10.6 Å². The smallest absolute Gasteiger partial charge is 0.126 e. The van der Waals surface area contributed by atoms with Crippen LogP contribution in [0.25, 0.3) is 0 Å². The summed E-state index contributed by atoms with van der Waals surface area (Å²) < 4.78 is 0. The fourth-order valence-electron chi connectivity index (χ4n) is 2.11. The van der Waals surface area contributed by atoms with E-state index in [4.69, 9.17) is 22.7 Å². The summed E-state index contributed by atoms with van der Waals surface area (Å²) in [6.07, 6.45) is 2.10. The van der Waals surface area contributed by atoms with Crippen LogP contribution >= 0.6 is 11.6 Å². The summed E-state index contributed by atoms with van der Waals surface area (Å²) in [5.74, 6) is 0.0170. The van der Waals surface area contributed by atoms with E-state index in [0.717, 1.165) is 18.5 Å². The van der Waals surface area contributed by atoms with Crippen molar-refractivity contribution in [3.05, 3.63) is 28.8 Å². The Balaban J connectivity index is 3.21. The highest BCUT2D eigenvalue weighted by molar-refractivity contribution is 6.34. The average Bonchev–Trinajstić information content (AvgIpc) is 2.29. The Hall–Kier alpha value is -1.22. The van der Waals surface area contributed by atoms with Gasteiger partial charge in [0, 0.05) is 18.8 Å². The van der Waals surface area contributed by atoms with E-state index in [1.54, 1.807) is 6.07 Å². The van der Waals surface area contributed by atoms with Crippen molar-refractivity contribution in [2.24, 2.45) is 5.73 Å². The fraction of sp³-hybridized carbons (Fsp3) is 0.462. The minimum Gasteiger partial charge on any atom is -0.384 e. The molecular formula is C13H20ClN3. The molecule has 0 bridgehead atoms. The summed E-state index contributed by atoms with van der Waals surface area (Å²) in [4.78, 5) is 2.16. The highest BCUT2D eigenvalue weighted by atomic mass is 35.5. The van der Waals surface area contributed by atoms with Crippen molar-refractivity contribution in [1.29, 1.82) is 5.41 Å². The molecule has 1 aromatic rings. The van der Waals surface area contributed by atoms with Crippen LogP contribution in [0.15, 0.2) is 18.2 Å². The van der Waals surface area contributed by atoms with E-state index in [9.17, 15) is 0 Å². The second-order valence-corrected chi connectivity index (χ2v) is 4.54. The van der Waals surface area contributed by atoms with Crippen molar-refractivity contribution in [3.63, 3.8) is 0 Å². The summed E-state index contributed by atoms with van der Waals surface area (Å²) in [6, 6.07) is 6.05. The summed E-state index contributed by atoms with van der Waals surface area (Å²) in [7, 11) is 2.02. The standard InChI is InChI=1S/C13H20ClN3/c1-4-9(5-2)17(3)11-8-6-7-10(14)12(11)13(15)16/h6-9H,4-5H2,1-3H3,(H3,15,16). The zero-order chi connectivity index (χ0) is 13.0. The highest BCUT2D eigenvalue weighted by Crippen LogP contribution is 2.28. The van der Waals surface area contributed by atoms with Crippen molar-refractivity contribution < 1.29 is 0 Å². The molecule has 0 aromatic heterocycles. The normalized spacial score (nSPS) is 10.6. The van der Waals surface area contributed by atoms with E-state index in [1.807, 2.05) is 19.2 Å². The maximum atomic E-state index is 7.63. The quantitative estimate of drug-likeness (QED) is 0.625. The molecule has 0 atom stereocenters. The number of hydrogen-bond acceptors (Lipinski definition) is 2. The van der Waals surface area contributed by atoms with Gasteiger partial charge in [-0.05, 0) is 25.0 Å². The van der Waals surface area contributed by atoms with Crippen molar-refractivity contribution in [2.45, 2.75) is 32.7 Å². The lowest BCUT2D eigenvalue weighted by atomic mass is 10.1. The summed E-state index contributed by atoms with van der Waals surface area (Å²) in [6.45, 7) is 4.31. The van der Waals surface area contributed by atoms with Gasteiger partial charge in [-0.3, -0.25) is 5.41 Å². The monoisotopic (exact) mass is 253 g/mol. The first kappa shape index (κ1) is 13.8. The molecule has 0 heterocycles. The summed E-state index contributed by atoms with van der Waals surface area (Å²) >= 11 is 6.11. The zero-order valence-electron chi connectivity index (χ0n) is 10.6. The Labute approximate surface area is 108 Å². The van der Waals surface area contributed by atoms with E-state index < -0.39 is 0 Å². The van der Waals surface area contributed by atoms with Crippen molar-refractivity contribution in [3.8, 4) is 0 Å². The van der Waals surface area contributed by atoms with Crippen LogP contribution in [0.5, 0.6) is 0 Å². The summed E-state index contributed by atoms with van der Waals surface area (Å²) in [5.41, 5.74) is 7.17. The molecule has 17 heavy (non-hydrogen) atoms. The molecule has 3 nitrogen and oxygen atoms in total. The maximum Gasteiger partial charge on any atom is 0.126 e. The number of hydrogen-bond donors (Lipinski definition) is 2. The number of amidine groups is 1. The third-order valence-electron chi connectivity index (χ3n) is 3.13. The lowest BCUT2D eigenvalue weighted by molar-refractivity contribution is 0.591. The number of benzene rings is 1. The molecule has 1 rings (SSSR count).